The molecular weight excluding hydrogens is 352 g/mol. The van der Waals surface area contributed by atoms with Crippen LogP contribution in [0.1, 0.15) is 5.56 Å². The Hall–Kier alpha value is -2.64. The molecule has 4 heterocycles. The standard InChI is InChI=1S/C21H26N6O/c1-15-3-4-17-11-18(15)19-12-23-27-7-5-20(24-21(19)27)22-6-8-26-10-9-25(2)13-16(26)14-28-17/h3-5,7,11-12,16H,6,8-10,13-14H2,1-2H3,(H,22,24). The first kappa shape index (κ1) is 17.5. The molecule has 2 aliphatic heterocycles. The van der Waals surface area contributed by atoms with Crippen LogP contribution in [0.5, 0.6) is 5.75 Å². The Labute approximate surface area is 164 Å². The number of fused-ring (bicyclic) bond motifs is 5. The molecule has 1 fully saturated rings. The molecule has 4 bridgehead atoms. The van der Waals surface area contributed by atoms with Gasteiger partial charge in [0.15, 0.2) is 5.65 Å². The van der Waals surface area contributed by atoms with Gasteiger partial charge in [-0.25, -0.2) is 9.50 Å². The molecular formula is C21H26N6O. The maximum Gasteiger partial charge on any atom is 0.165 e. The summed E-state index contributed by atoms with van der Waals surface area (Å²) in [5.41, 5.74) is 4.20. The Bertz CT molecular complexity index is 1000. The molecule has 146 valence electrons. The largest absolute Gasteiger partial charge is 0.492 e. The average Bonchev–Trinajstić information content (AvgIpc) is 3.11. The third-order valence-corrected chi connectivity index (χ3v) is 5.82. The lowest BCUT2D eigenvalue weighted by Gasteiger charge is -2.39. The van der Waals surface area contributed by atoms with E-state index >= 15 is 0 Å². The van der Waals surface area contributed by atoms with Crippen molar-refractivity contribution in [3.63, 3.8) is 0 Å². The zero-order valence-electron chi connectivity index (χ0n) is 16.4. The quantitative estimate of drug-likeness (QED) is 0.647. The Morgan fingerprint density at radius 1 is 1.14 bits per heavy atom. The molecule has 0 amide bonds. The molecule has 0 saturated carbocycles. The van der Waals surface area contributed by atoms with Crippen molar-refractivity contribution in [3.8, 4) is 16.9 Å². The number of rotatable bonds is 0. The van der Waals surface area contributed by atoms with Crippen LogP contribution < -0.4 is 10.1 Å². The molecule has 7 nitrogen and oxygen atoms in total. The fourth-order valence-electron chi connectivity index (χ4n) is 4.16. The Kier molecular flexibility index (Phi) is 4.41. The minimum atomic E-state index is 0.385. The number of nitrogens with one attached hydrogen (secondary N) is 1. The van der Waals surface area contributed by atoms with Crippen LogP contribution >= 0.6 is 0 Å². The van der Waals surface area contributed by atoms with Gasteiger partial charge in [0.2, 0.25) is 0 Å². The maximum atomic E-state index is 6.26. The molecule has 2 aromatic heterocycles. The number of hydrogen-bond donors (Lipinski definition) is 1. The fraction of sp³-hybridized carbons (Fsp3) is 0.429. The van der Waals surface area contributed by atoms with Crippen molar-refractivity contribution in [3.05, 3.63) is 42.2 Å². The summed E-state index contributed by atoms with van der Waals surface area (Å²) in [4.78, 5) is 9.75. The van der Waals surface area contributed by atoms with E-state index in [0.29, 0.717) is 12.6 Å². The maximum absolute atomic E-state index is 6.26. The van der Waals surface area contributed by atoms with Gasteiger partial charge in [-0.15, -0.1) is 0 Å². The van der Waals surface area contributed by atoms with E-state index in [9.17, 15) is 0 Å². The van der Waals surface area contributed by atoms with Gasteiger partial charge in [-0.1, -0.05) is 6.07 Å². The Balaban J connectivity index is 1.57. The van der Waals surface area contributed by atoms with Gasteiger partial charge in [-0.3, -0.25) is 4.90 Å². The van der Waals surface area contributed by atoms with Crippen molar-refractivity contribution in [2.24, 2.45) is 0 Å². The SMILES string of the molecule is Cc1ccc2cc1-c1cnn3ccc(nc13)NCCN1CCN(C)CC1CO2. The second-order valence-corrected chi connectivity index (χ2v) is 7.81. The van der Waals surface area contributed by atoms with Gasteiger partial charge in [0, 0.05) is 44.5 Å². The Morgan fingerprint density at radius 2 is 2.07 bits per heavy atom. The lowest BCUT2D eigenvalue weighted by Crippen LogP contribution is -2.55. The number of piperazine rings is 1. The molecule has 0 aliphatic carbocycles. The molecule has 0 spiro atoms. The van der Waals surface area contributed by atoms with Crippen LogP contribution in [0.25, 0.3) is 16.8 Å². The van der Waals surface area contributed by atoms with Crippen molar-refractivity contribution in [2.75, 3.05) is 51.7 Å². The summed E-state index contributed by atoms with van der Waals surface area (Å²) < 4.78 is 8.08. The fourth-order valence-corrected chi connectivity index (χ4v) is 4.16. The van der Waals surface area contributed by atoms with E-state index in [2.05, 4.69) is 52.4 Å². The van der Waals surface area contributed by atoms with Gasteiger partial charge < -0.3 is 15.0 Å². The van der Waals surface area contributed by atoms with Gasteiger partial charge in [0.1, 0.15) is 18.2 Å². The van der Waals surface area contributed by atoms with Crippen molar-refractivity contribution in [1.82, 2.24) is 24.4 Å². The van der Waals surface area contributed by atoms with E-state index in [1.807, 2.05) is 23.0 Å². The van der Waals surface area contributed by atoms with E-state index in [1.54, 1.807) is 0 Å². The summed E-state index contributed by atoms with van der Waals surface area (Å²) in [7, 11) is 2.19. The predicted octanol–water partition coefficient (Wildman–Crippen LogP) is 2.13. The summed E-state index contributed by atoms with van der Waals surface area (Å²) in [5, 5.41) is 7.97. The van der Waals surface area contributed by atoms with Gasteiger partial charge in [0.25, 0.3) is 0 Å². The van der Waals surface area contributed by atoms with Gasteiger partial charge in [-0.2, -0.15) is 5.10 Å². The number of aromatic nitrogens is 3. The van der Waals surface area contributed by atoms with Crippen LogP contribution in [0, 0.1) is 6.92 Å². The number of likely N-dealkylation sites (N-methyl/N-ethyl adjacent to an activating group) is 1. The number of ether oxygens (including phenoxy) is 1. The Morgan fingerprint density at radius 3 is 3.00 bits per heavy atom. The highest BCUT2D eigenvalue weighted by Crippen LogP contribution is 2.31. The van der Waals surface area contributed by atoms with Gasteiger partial charge >= 0.3 is 0 Å². The second-order valence-electron chi connectivity index (χ2n) is 7.81. The van der Waals surface area contributed by atoms with E-state index in [-0.39, 0.29) is 0 Å². The van der Waals surface area contributed by atoms with Crippen molar-refractivity contribution in [1.29, 1.82) is 0 Å². The lowest BCUT2D eigenvalue weighted by molar-refractivity contribution is 0.0612. The van der Waals surface area contributed by atoms with Crippen LogP contribution in [0.4, 0.5) is 5.82 Å². The minimum absolute atomic E-state index is 0.385. The molecule has 7 heteroatoms. The molecule has 1 unspecified atom stereocenters. The third-order valence-electron chi connectivity index (χ3n) is 5.82. The number of nitrogens with zero attached hydrogens (tertiary/aromatic N) is 5. The molecule has 5 rings (SSSR count). The van der Waals surface area contributed by atoms with Crippen LogP contribution in [-0.2, 0) is 0 Å². The number of hydrogen-bond acceptors (Lipinski definition) is 6. The molecule has 1 aromatic carbocycles. The lowest BCUT2D eigenvalue weighted by atomic mass is 10.0. The van der Waals surface area contributed by atoms with Crippen LogP contribution in [-0.4, -0.2) is 76.8 Å². The molecule has 3 aromatic rings. The first-order valence-electron chi connectivity index (χ1n) is 9.92. The number of aryl methyl sites for hydroxylation is 1. The first-order chi connectivity index (χ1) is 13.7. The number of anilines is 1. The summed E-state index contributed by atoms with van der Waals surface area (Å²) >= 11 is 0. The number of benzene rings is 1. The monoisotopic (exact) mass is 378 g/mol. The second kappa shape index (κ2) is 7.07. The highest BCUT2D eigenvalue weighted by molar-refractivity contribution is 5.80. The molecule has 1 saturated heterocycles. The highest BCUT2D eigenvalue weighted by atomic mass is 16.5. The van der Waals surface area contributed by atoms with E-state index < -0.39 is 0 Å². The van der Waals surface area contributed by atoms with Crippen molar-refractivity contribution < 1.29 is 4.74 Å². The third kappa shape index (κ3) is 3.21. The smallest absolute Gasteiger partial charge is 0.165 e. The van der Waals surface area contributed by atoms with Gasteiger partial charge in [-0.05, 0) is 43.3 Å². The van der Waals surface area contributed by atoms with E-state index in [0.717, 1.165) is 61.1 Å². The predicted molar refractivity (Wildman–Crippen MR) is 110 cm³/mol. The summed E-state index contributed by atoms with van der Waals surface area (Å²) in [6.45, 7) is 7.82. The van der Waals surface area contributed by atoms with Gasteiger partial charge in [0.05, 0.1) is 12.2 Å². The van der Waals surface area contributed by atoms with E-state index in [4.69, 9.17) is 9.72 Å². The zero-order valence-corrected chi connectivity index (χ0v) is 16.4. The van der Waals surface area contributed by atoms with Crippen molar-refractivity contribution in [2.45, 2.75) is 13.0 Å². The molecule has 28 heavy (non-hydrogen) atoms. The topological polar surface area (TPSA) is 57.9 Å². The molecule has 1 N–H and O–H groups in total. The van der Waals surface area contributed by atoms with Crippen LogP contribution in [0.2, 0.25) is 0 Å². The van der Waals surface area contributed by atoms with Crippen LogP contribution in [0.3, 0.4) is 0 Å². The van der Waals surface area contributed by atoms with Crippen molar-refractivity contribution >= 4 is 11.5 Å². The van der Waals surface area contributed by atoms with E-state index in [1.165, 1.54) is 5.56 Å². The summed E-state index contributed by atoms with van der Waals surface area (Å²) in [6, 6.07) is 8.68. The van der Waals surface area contributed by atoms with Crippen LogP contribution in [0.15, 0.2) is 36.7 Å². The molecule has 0 radical (unpaired) electrons. The molecule has 1 atom stereocenters. The average molecular weight is 378 g/mol. The minimum Gasteiger partial charge on any atom is -0.492 e. The first-order valence-corrected chi connectivity index (χ1v) is 9.92. The summed E-state index contributed by atoms with van der Waals surface area (Å²) in [6.07, 6.45) is 3.86. The summed E-state index contributed by atoms with van der Waals surface area (Å²) in [5.74, 6) is 1.79. The highest BCUT2D eigenvalue weighted by Gasteiger charge is 2.26. The normalized spacial score (nSPS) is 21.0. The zero-order chi connectivity index (χ0) is 19.1. The molecule has 2 aliphatic rings.